The Balaban J connectivity index is 2.21. The zero-order valence-corrected chi connectivity index (χ0v) is 10.7. The summed E-state index contributed by atoms with van der Waals surface area (Å²) in [6, 6.07) is 2.00. The molecule has 1 N–H and O–H groups in total. The minimum atomic E-state index is 0.696. The molecular formula is C9H9BrN4S. The lowest BCUT2D eigenvalue weighted by molar-refractivity contribution is 0.963. The molecule has 0 aromatic carbocycles. The summed E-state index contributed by atoms with van der Waals surface area (Å²) in [5, 5.41) is 8.43. The van der Waals surface area contributed by atoms with E-state index >= 15 is 0 Å². The maximum Gasteiger partial charge on any atom is 0.214 e. The molecular weight excluding hydrogens is 276 g/mol. The van der Waals surface area contributed by atoms with Crippen LogP contribution >= 0.6 is 27.7 Å². The molecule has 0 bridgehead atoms. The van der Waals surface area contributed by atoms with Crippen molar-refractivity contribution in [3.8, 4) is 0 Å². The topological polar surface area (TPSA) is 54.5 Å². The smallest absolute Gasteiger partial charge is 0.214 e. The van der Waals surface area contributed by atoms with Crippen LogP contribution < -0.4 is 0 Å². The molecule has 0 saturated carbocycles. The number of aryl methyl sites for hydroxylation is 2. The second kappa shape index (κ2) is 4.32. The molecule has 2 aromatic rings. The van der Waals surface area contributed by atoms with E-state index in [0.717, 1.165) is 20.9 Å². The molecule has 2 aromatic heterocycles. The van der Waals surface area contributed by atoms with Crippen LogP contribution in [0.2, 0.25) is 0 Å². The van der Waals surface area contributed by atoms with Crippen LogP contribution in [0.3, 0.4) is 0 Å². The quantitative estimate of drug-likeness (QED) is 0.921. The van der Waals surface area contributed by atoms with E-state index in [9.17, 15) is 0 Å². The lowest BCUT2D eigenvalue weighted by Crippen LogP contribution is -1.84. The number of aromatic nitrogens is 4. The Morgan fingerprint density at radius 3 is 2.80 bits per heavy atom. The fraction of sp³-hybridized carbons (Fsp3) is 0.222. The van der Waals surface area contributed by atoms with Crippen molar-refractivity contribution in [3.63, 3.8) is 0 Å². The second-order valence-corrected chi connectivity index (χ2v) is 4.92. The van der Waals surface area contributed by atoms with E-state index in [0.29, 0.717) is 5.16 Å². The van der Waals surface area contributed by atoms with Crippen molar-refractivity contribution in [3.05, 3.63) is 28.1 Å². The molecule has 0 radical (unpaired) electrons. The number of pyridine rings is 1. The summed E-state index contributed by atoms with van der Waals surface area (Å²) in [7, 11) is 0. The van der Waals surface area contributed by atoms with Gasteiger partial charge in [0.1, 0.15) is 10.9 Å². The van der Waals surface area contributed by atoms with Gasteiger partial charge in [0.05, 0.1) is 0 Å². The minimum absolute atomic E-state index is 0.696. The first-order chi connectivity index (χ1) is 7.15. The zero-order valence-electron chi connectivity index (χ0n) is 8.28. The van der Waals surface area contributed by atoms with E-state index in [4.69, 9.17) is 0 Å². The number of hydrogen-bond donors (Lipinski definition) is 1. The molecule has 0 aliphatic carbocycles. The highest BCUT2D eigenvalue weighted by molar-refractivity contribution is 9.10. The third kappa shape index (κ3) is 2.57. The van der Waals surface area contributed by atoms with Gasteiger partial charge in [-0.05, 0) is 53.2 Å². The number of halogens is 1. The lowest BCUT2D eigenvalue weighted by atomic mass is 10.3. The fourth-order valence-corrected chi connectivity index (χ4v) is 2.05. The summed E-state index contributed by atoms with van der Waals surface area (Å²) < 4.78 is 1.01. The number of H-pyrrole nitrogens is 1. The Kier molecular flexibility index (Phi) is 3.06. The van der Waals surface area contributed by atoms with E-state index in [-0.39, 0.29) is 0 Å². The highest BCUT2D eigenvalue weighted by atomic mass is 79.9. The van der Waals surface area contributed by atoms with E-state index in [1.807, 2.05) is 19.9 Å². The summed E-state index contributed by atoms with van der Waals surface area (Å²) in [6.07, 6.45) is 1.79. The van der Waals surface area contributed by atoms with Crippen LogP contribution in [0, 0.1) is 13.8 Å². The number of aromatic amines is 1. The second-order valence-electron chi connectivity index (χ2n) is 3.08. The summed E-state index contributed by atoms with van der Waals surface area (Å²) >= 11 is 4.86. The van der Waals surface area contributed by atoms with Crippen molar-refractivity contribution in [2.45, 2.75) is 24.0 Å². The predicted octanol–water partition coefficient (Wildman–Crippen LogP) is 2.73. The zero-order chi connectivity index (χ0) is 10.8. The summed E-state index contributed by atoms with van der Waals surface area (Å²) in [5.41, 5.74) is 1.15. The van der Waals surface area contributed by atoms with Crippen molar-refractivity contribution in [1.29, 1.82) is 0 Å². The van der Waals surface area contributed by atoms with E-state index in [2.05, 4.69) is 36.1 Å². The molecule has 0 fully saturated rings. The Bertz CT molecular complexity index is 483. The Labute approximate surface area is 100 Å². The van der Waals surface area contributed by atoms with Crippen molar-refractivity contribution < 1.29 is 0 Å². The average Bonchev–Trinajstić information content (AvgIpc) is 2.58. The van der Waals surface area contributed by atoms with Crippen LogP contribution in [0.15, 0.2) is 26.9 Å². The fourth-order valence-electron chi connectivity index (χ4n) is 1.03. The SMILES string of the molecule is Cc1nc(Sc2cc(C)c(Br)cn2)n[nH]1. The van der Waals surface area contributed by atoms with Gasteiger partial charge in [0.25, 0.3) is 0 Å². The van der Waals surface area contributed by atoms with Gasteiger partial charge >= 0.3 is 0 Å². The first-order valence-electron chi connectivity index (χ1n) is 4.34. The molecule has 0 spiro atoms. The molecule has 0 aliphatic rings. The Hall–Kier alpha value is -0.880. The molecule has 15 heavy (non-hydrogen) atoms. The third-order valence-corrected chi connectivity index (χ3v) is 3.42. The van der Waals surface area contributed by atoms with Crippen LogP contribution in [0.4, 0.5) is 0 Å². The molecule has 0 unspecified atom stereocenters. The molecule has 0 aliphatic heterocycles. The molecule has 4 nitrogen and oxygen atoms in total. The maximum absolute atomic E-state index is 4.27. The van der Waals surface area contributed by atoms with Gasteiger partial charge in [0.2, 0.25) is 5.16 Å². The number of nitrogens with one attached hydrogen (secondary N) is 1. The van der Waals surface area contributed by atoms with Crippen molar-refractivity contribution in [2.24, 2.45) is 0 Å². The van der Waals surface area contributed by atoms with Crippen LogP contribution in [-0.2, 0) is 0 Å². The van der Waals surface area contributed by atoms with E-state index < -0.39 is 0 Å². The number of hydrogen-bond acceptors (Lipinski definition) is 4. The molecule has 78 valence electrons. The van der Waals surface area contributed by atoms with Crippen LogP contribution in [0.25, 0.3) is 0 Å². The third-order valence-electron chi connectivity index (χ3n) is 1.79. The monoisotopic (exact) mass is 284 g/mol. The molecule has 0 amide bonds. The van der Waals surface area contributed by atoms with Gasteiger partial charge in [-0.1, -0.05) is 0 Å². The highest BCUT2D eigenvalue weighted by Crippen LogP contribution is 2.25. The van der Waals surface area contributed by atoms with Crippen LogP contribution in [0.1, 0.15) is 11.4 Å². The van der Waals surface area contributed by atoms with E-state index in [1.165, 1.54) is 11.8 Å². The largest absolute Gasteiger partial charge is 0.262 e. The maximum atomic E-state index is 4.27. The summed E-state index contributed by atoms with van der Waals surface area (Å²) in [4.78, 5) is 8.47. The van der Waals surface area contributed by atoms with Gasteiger partial charge in [-0.15, -0.1) is 5.10 Å². The summed E-state index contributed by atoms with van der Waals surface area (Å²) in [5.74, 6) is 0.811. The Morgan fingerprint density at radius 2 is 2.20 bits per heavy atom. The standard InChI is InChI=1S/C9H9BrN4S/c1-5-3-8(11-4-7(5)10)15-9-12-6(2)13-14-9/h3-4H,1-2H3,(H,12,13,14). The molecule has 0 saturated heterocycles. The minimum Gasteiger partial charge on any atom is -0.262 e. The first kappa shape index (κ1) is 10.6. The molecule has 2 rings (SSSR count). The van der Waals surface area contributed by atoms with Crippen molar-refractivity contribution >= 4 is 27.7 Å². The Morgan fingerprint density at radius 1 is 1.40 bits per heavy atom. The van der Waals surface area contributed by atoms with Gasteiger partial charge < -0.3 is 0 Å². The summed E-state index contributed by atoms with van der Waals surface area (Å²) in [6.45, 7) is 3.90. The molecule has 6 heteroatoms. The van der Waals surface area contributed by atoms with Gasteiger partial charge in [-0.3, -0.25) is 5.10 Å². The van der Waals surface area contributed by atoms with Gasteiger partial charge in [0, 0.05) is 10.7 Å². The molecule has 2 heterocycles. The lowest BCUT2D eigenvalue weighted by Gasteiger charge is -1.99. The van der Waals surface area contributed by atoms with Crippen LogP contribution in [0.5, 0.6) is 0 Å². The van der Waals surface area contributed by atoms with E-state index in [1.54, 1.807) is 6.20 Å². The average molecular weight is 285 g/mol. The van der Waals surface area contributed by atoms with Crippen molar-refractivity contribution in [1.82, 2.24) is 20.2 Å². The van der Waals surface area contributed by atoms with Gasteiger partial charge in [-0.2, -0.15) is 0 Å². The number of nitrogens with zero attached hydrogens (tertiary/aromatic N) is 3. The predicted molar refractivity (Wildman–Crippen MR) is 61.9 cm³/mol. The molecule has 0 atom stereocenters. The first-order valence-corrected chi connectivity index (χ1v) is 5.95. The van der Waals surface area contributed by atoms with Crippen molar-refractivity contribution in [2.75, 3.05) is 0 Å². The normalized spacial score (nSPS) is 10.6. The van der Waals surface area contributed by atoms with Crippen LogP contribution in [-0.4, -0.2) is 20.2 Å². The van der Waals surface area contributed by atoms with Gasteiger partial charge in [0.15, 0.2) is 0 Å². The highest BCUT2D eigenvalue weighted by Gasteiger charge is 2.05. The number of rotatable bonds is 2. The van der Waals surface area contributed by atoms with Gasteiger partial charge in [-0.25, -0.2) is 9.97 Å².